The van der Waals surface area contributed by atoms with Gasteiger partial charge in [-0.05, 0) is 42.2 Å². The van der Waals surface area contributed by atoms with E-state index in [0.29, 0.717) is 6.42 Å². The van der Waals surface area contributed by atoms with E-state index in [2.05, 4.69) is 31.9 Å². The van der Waals surface area contributed by atoms with Gasteiger partial charge in [-0.3, -0.25) is 0 Å². The van der Waals surface area contributed by atoms with Crippen molar-refractivity contribution in [1.82, 2.24) is 0 Å². The number of rotatable bonds is 3. The van der Waals surface area contributed by atoms with Gasteiger partial charge in [0.05, 0.1) is 0 Å². The lowest BCUT2D eigenvalue weighted by atomic mass is 10.0. The zero-order chi connectivity index (χ0) is 14.0. The first kappa shape index (κ1) is 14.7. The maximum absolute atomic E-state index is 13.2. The Hall–Kier alpha value is -0.740. The zero-order valence-electron chi connectivity index (χ0n) is 10.3. The number of aryl methyl sites for hydroxylation is 1. The fraction of sp³-hybridized carbons (Fsp3) is 0.200. The Morgan fingerprint density at radius 1 is 1.11 bits per heavy atom. The number of hydrogen-bond acceptors (Lipinski definition) is 0. The van der Waals surface area contributed by atoms with E-state index in [0.717, 1.165) is 27.2 Å². The molecule has 100 valence electrons. The average molecular weight is 390 g/mol. The second kappa shape index (κ2) is 6.14. The highest BCUT2D eigenvalue weighted by atomic mass is 79.9. The molecule has 0 aliphatic carbocycles. The Labute approximate surface area is 128 Å². The van der Waals surface area contributed by atoms with Gasteiger partial charge in [-0.15, -0.1) is 0 Å². The molecule has 2 aromatic rings. The van der Waals surface area contributed by atoms with Crippen molar-refractivity contribution in [2.24, 2.45) is 0 Å². The summed E-state index contributed by atoms with van der Waals surface area (Å²) < 4.78 is 27.1. The van der Waals surface area contributed by atoms with Crippen LogP contribution < -0.4 is 0 Å². The molecule has 0 N–H and O–H groups in total. The lowest BCUT2D eigenvalue weighted by Crippen LogP contribution is -1.99. The fourth-order valence-corrected chi connectivity index (χ4v) is 3.50. The highest BCUT2D eigenvalue weighted by molar-refractivity contribution is 9.11. The van der Waals surface area contributed by atoms with E-state index in [4.69, 9.17) is 0 Å². The summed E-state index contributed by atoms with van der Waals surface area (Å²) in [5, 5.41) is 0. The van der Waals surface area contributed by atoms with Gasteiger partial charge in [0.2, 0.25) is 0 Å². The van der Waals surface area contributed by atoms with Gasteiger partial charge in [0.25, 0.3) is 0 Å². The van der Waals surface area contributed by atoms with E-state index in [1.54, 1.807) is 6.07 Å². The van der Waals surface area contributed by atoms with Gasteiger partial charge in [-0.1, -0.05) is 56.1 Å². The minimum atomic E-state index is -0.813. The second-order valence-electron chi connectivity index (χ2n) is 4.40. The molecule has 1 unspecified atom stereocenters. The summed E-state index contributed by atoms with van der Waals surface area (Å²) in [5.41, 5.74) is 3.01. The van der Waals surface area contributed by atoms with E-state index in [1.165, 1.54) is 6.07 Å². The van der Waals surface area contributed by atoms with Crippen LogP contribution in [0.4, 0.5) is 8.78 Å². The van der Waals surface area contributed by atoms with E-state index >= 15 is 0 Å². The second-order valence-corrected chi connectivity index (χ2v) is 6.30. The van der Waals surface area contributed by atoms with Crippen LogP contribution in [-0.4, -0.2) is 0 Å². The van der Waals surface area contributed by atoms with Gasteiger partial charge in [0, 0.05) is 9.30 Å². The molecule has 0 aliphatic heterocycles. The minimum Gasteiger partial charge on any atom is -0.204 e. The van der Waals surface area contributed by atoms with Crippen LogP contribution in [0.3, 0.4) is 0 Å². The molecule has 2 aromatic carbocycles. The number of alkyl halides is 1. The third-order valence-electron chi connectivity index (χ3n) is 2.96. The molecule has 4 heteroatoms. The normalized spacial score (nSPS) is 12.5. The first-order valence-corrected chi connectivity index (χ1v) is 7.53. The van der Waals surface area contributed by atoms with E-state index in [-0.39, 0.29) is 4.83 Å². The topological polar surface area (TPSA) is 0 Å². The summed E-state index contributed by atoms with van der Waals surface area (Å²) in [6.45, 7) is 2.02. The maximum atomic E-state index is 13.2. The molecule has 0 bridgehead atoms. The molecule has 0 aromatic heterocycles. The van der Waals surface area contributed by atoms with Crippen LogP contribution in [0, 0.1) is 18.6 Å². The summed E-state index contributed by atoms with van der Waals surface area (Å²) in [6.07, 6.45) is 0.596. The first-order valence-electron chi connectivity index (χ1n) is 5.82. The Morgan fingerprint density at radius 3 is 2.53 bits per heavy atom. The van der Waals surface area contributed by atoms with Crippen molar-refractivity contribution in [3.63, 3.8) is 0 Å². The van der Waals surface area contributed by atoms with Crippen molar-refractivity contribution in [2.75, 3.05) is 0 Å². The molecule has 0 radical (unpaired) electrons. The summed E-state index contributed by atoms with van der Waals surface area (Å²) in [7, 11) is 0. The lowest BCUT2D eigenvalue weighted by Gasteiger charge is -2.14. The lowest BCUT2D eigenvalue weighted by molar-refractivity contribution is 0.507. The quantitative estimate of drug-likeness (QED) is 0.589. The van der Waals surface area contributed by atoms with Crippen molar-refractivity contribution in [3.05, 3.63) is 69.2 Å². The smallest absolute Gasteiger partial charge is 0.159 e. The molecule has 0 nitrogen and oxygen atoms in total. The Morgan fingerprint density at radius 2 is 1.84 bits per heavy atom. The minimum absolute atomic E-state index is 0.0478. The van der Waals surface area contributed by atoms with Crippen LogP contribution in [0.1, 0.15) is 21.5 Å². The Kier molecular flexibility index (Phi) is 4.74. The van der Waals surface area contributed by atoms with E-state index < -0.39 is 11.6 Å². The maximum Gasteiger partial charge on any atom is 0.159 e. The van der Waals surface area contributed by atoms with Gasteiger partial charge in [-0.25, -0.2) is 8.78 Å². The molecule has 0 amide bonds. The fourth-order valence-electron chi connectivity index (χ4n) is 1.90. The highest BCUT2D eigenvalue weighted by Gasteiger charge is 2.14. The molecule has 0 heterocycles. The SMILES string of the molecule is Cc1cccc(C(Br)Cc2ccc(F)c(F)c2)c1Br. The largest absolute Gasteiger partial charge is 0.204 e. The predicted octanol–water partition coefficient (Wildman–Crippen LogP) is 5.71. The van der Waals surface area contributed by atoms with Gasteiger partial charge in [0.1, 0.15) is 0 Å². The predicted molar refractivity (Wildman–Crippen MR) is 80.6 cm³/mol. The molecule has 0 spiro atoms. The molecule has 1 atom stereocenters. The molecular formula is C15H12Br2F2. The summed E-state index contributed by atoms with van der Waals surface area (Å²) in [4.78, 5) is 0.0478. The van der Waals surface area contributed by atoms with Gasteiger partial charge in [-0.2, -0.15) is 0 Å². The van der Waals surface area contributed by atoms with Crippen LogP contribution in [0.25, 0.3) is 0 Å². The van der Waals surface area contributed by atoms with Crippen LogP contribution >= 0.6 is 31.9 Å². The van der Waals surface area contributed by atoms with Crippen molar-refractivity contribution < 1.29 is 8.78 Å². The standard InChI is InChI=1S/C15H12Br2F2/c1-9-3-2-4-11(15(9)17)12(16)7-10-5-6-13(18)14(19)8-10/h2-6,8,12H,7H2,1H3. The van der Waals surface area contributed by atoms with Crippen molar-refractivity contribution in [3.8, 4) is 0 Å². The molecule has 0 aliphatic rings. The molecule has 0 saturated heterocycles. The van der Waals surface area contributed by atoms with E-state index in [9.17, 15) is 8.78 Å². The van der Waals surface area contributed by atoms with Crippen LogP contribution in [0.2, 0.25) is 0 Å². The number of hydrogen-bond donors (Lipinski definition) is 0. The van der Waals surface area contributed by atoms with Crippen molar-refractivity contribution in [1.29, 1.82) is 0 Å². The van der Waals surface area contributed by atoms with Crippen molar-refractivity contribution in [2.45, 2.75) is 18.2 Å². The third kappa shape index (κ3) is 3.42. The van der Waals surface area contributed by atoms with Gasteiger partial charge >= 0.3 is 0 Å². The molecular weight excluding hydrogens is 378 g/mol. The number of halogens is 4. The van der Waals surface area contributed by atoms with Crippen LogP contribution in [0.5, 0.6) is 0 Å². The molecule has 0 fully saturated rings. The van der Waals surface area contributed by atoms with Crippen molar-refractivity contribution >= 4 is 31.9 Å². The Bertz CT molecular complexity index is 597. The van der Waals surface area contributed by atoms with E-state index in [1.807, 2.05) is 25.1 Å². The Balaban J connectivity index is 2.23. The number of benzene rings is 2. The summed E-state index contributed by atoms with van der Waals surface area (Å²) in [5.74, 6) is -1.62. The highest BCUT2D eigenvalue weighted by Crippen LogP contribution is 2.34. The van der Waals surface area contributed by atoms with Crippen LogP contribution in [0.15, 0.2) is 40.9 Å². The monoisotopic (exact) mass is 388 g/mol. The first-order chi connectivity index (χ1) is 8.99. The zero-order valence-corrected chi connectivity index (χ0v) is 13.4. The third-order valence-corrected chi connectivity index (χ3v) is 4.86. The summed E-state index contributed by atoms with van der Waals surface area (Å²) in [6, 6.07) is 10.0. The van der Waals surface area contributed by atoms with Gasteiger partial charge in [0.15, 0.2) is 11.6 Å². The molecule has 0 saturated carbocycles. The van der Waals surface area contributed by atoms with Crippen LogP contribution in [-0.2, 0) is 6.42 Å². The molecule has 19 heavy (non-hydrogen) atoms. The summed E-state index contributed by atoms with van der Waals surface area (Å²) >= 11 is 7.16. The molecule has 2 rings (SSSR count). The van der Waals surface area contributed by atoms with Gasteiger partial charge < -0.3 is 0 Å². The average Bonchev–Trinajstić information content (AvgIpc) is 2.37.